The van der Waals surface area contributed by atoms with Crippen molar-refractivity contribution in [2.75, 3.05) is 31.4 Å². The number of hydrogen-bond donors (Lipinski definition) is 1. The average molecular weight is 529 g/mol. The van der Waals surface area contributed by atoms with Gasteiger partial charge in [0.05, 0.1) is 7.11 Å². The number of methoxy groups -OCH3 is 1. The third kappa shape index (κ3) is 9.27. The molecule has 4 rings (SSSR count). The van der Waals surface area contributed by atoms with Crippen molar-refractivity contribution in [2.24, 2.45) is 5.92 Å². The molecule has 5 nitrogen and oxygen atoms in total. The van der Waals surface area contributed by atoms with Crippen LogP contribution in [0.5, 0.6) is 0 Å². The maximum absolute atomic E-state index is 14.8. The summed E-state index contributed by atoms with van der Waals surface area (Å²) < 4.78 is 19.4. The molecule has 0 amide bonds. The predicted molar refractivity (Wildman–Crippen MR) is 158 cm³/mol. The van der Waals surface area contributed by atoms with Crippen molar-refractivity contribution in [3.05, 3.63) is 95.8 Å². The lowest BCUT2D eigenvalue weighted by Gasteiger charge is -2.20. The molecule has 1 aliphatic rings. The number of hydrogen-bond acceptors (Lipinski definition) is 5. The molecule has 0 heterocycles. The summed E-state index contributed by atoms with van der Waals surface area (Å²) in [5.74, 6) is 1.77. The third-order valence-electron chi connectivity index (χ3n) is 6.85. The van der Waals surface area contributed by atoms with Gasteiger partial charge in [0.15, 0.2) is 0 Å². The van der Waals surface area contributed by atoms with Gasteiger partial charge < -0.3 is 15.0 Å². The fourth-order valence-electron chi connectivity index (χ4n) is 4.53. The van der Waals surface area contributed by atoms with Gasteiger partial charge in [0.25, 0.3) is 0 Å². The number of benzene rings is 3. The molecule has 1 saturated carbocycles. The number of halogens is 1. The zero-order valence-electron chi connectivity index (χ0n) is 23.0. The van der Waals surface area contributed by atoms with Gasteiger partial charge in [-0.1, -0.05) is 55.7 Å². The molecule has 0 bridgehead atoms. The smallest absolute Gasteiger partial charge is 0.330 e. The molecule has 1 N–H and O–H groups in total. The van der Waals surface area contributed by atoms with Crippen molar-refractivity contribution in [1.82, 2.24) is 0 Å². The highest BCUT2D eigenvalue weighted by Crippen LogP contribution is 2.26. The van der Waals surface area contributed by atoms with E-state index in [0.29, 0.717) is 18.0 Å². The lowest BCUT2D eigenvalue weighted by Crippen LogP contribution is -2.17. The van der Waals surface area contributed by atoms with Gasteiger partial charge >= 0.3 is 5.97 Å². The molecule has 0 unspecified atom stereocenters. The summed E-state index contributed by atoms with van der Waals surface area (Å²) in [6, 6.07) is 20.9. The second-order valence-electron chi connectivity index (χ2n) is 9.62. The third-order valence-corrected chi connectivity index (χ3v) is 6.85. The minimum absolute atomic E-state index is 0.237. The van der Waals surface area contributed by atoms with Gasteiger partial charge in [-0.25, -0.2) is 14.0 Å². The van der Waals surface area contributed by atoms with E-state index in [-0.39, 0.29) is 5.82 Å². The summed E-state index contributed by atoms with van der Waals surface area (Å²) >= 11 is 0. The normalized spacial score (nSPS) is 13.1. The van der Waals surface area contributed by atoms with Crippen molar-refractivity contribution < 1.29 is 18.7 Å². The molecule has 1 aliphatic carbocycles. The van der Waals surface area contributed by atoms with Gasteiger partial charge in [0.2, 0.25) is 0 Å². The highest BCUT2D eigenvalue weighted by molar-refractivity contribution is 5.87. The SMILES string of the molecule is CNc1ccc(-c2ccc(CN(C)c3cccc(/C=C/C(=O)OC)c3)c(F)c2)cc1.O=C=CC1CCCCC1. The highest BCUT2D eigenvalue weighted by atomic mass is 19.1. The highest BCUT2D eigenvalue weighted by Gasteiger charge is 2.10. The number of anilines is 2. The lowest BCUT2D eigenvalue weighted by atomic mass is 9.90. The Kier molecular flexibility index (Phi) is 11.5. The molecule has 204 valence electrons. The first-order valence-electron chi connectivity index (χ1n) is 13.3. The van der Waals surface area contributed by atoms with E-state index in [1.54, 1.807) is 18.2 Å². The number of nitrogens with zero attached hydrogens (tertiary/aromatic N) is 1. The summed E-state index contributed by atoms with van der Waals surface area (Å²) in [5.41, 5.74) is 5.23. The molecule has 3 aromatic rings. The average Bonchev–Trinajstić information content (AvgIpc) is 2.98. The number of carbonyl (C=O) groups excluding carboxylic acids is 2. The number of esters is 1. The van der Waals surface area contributed by atoms with E-state index in [2.05, 4.69) is 10.1 Å². The van der Waals surface area contributed by atoms with Crippen LogP contribution in [0.25, 0.3) is 17.2 Å². The summed E-state index contributed by atoms with van der Waals surface area (Å²) in [6.07, 6.45) is 11.1. The van der Waals surface area contributed by atoms with Crippen molar-refractivity contribution in [2.45, 2.75) is 38.6 Å². The van der Waals surface area contributed by atoms with E-state index in [0.717, 1.165) is 28.1 Å². The standard InChI is InChI=1S/C25H25FN2O2.C8H12O/c1-27-22-12-10-19(11-13-22)20-8-9-21(24(26)16-20)17-28(2)23-6-4-5-18(15-23)7-14-25(29)30-3;9-7-6-8-4-2-1-3-5-8/h4-16,27H,17H2,1-3H3;6,8H,1-5H2/b14-7+;. The Labute approximate surface area is 231 Å². The van der Waals surface area contributed by atoms with E-state index < -0.39 is 5.97 Å². The minimum Gasteiger partial charge on any atom is -0.466 e. The zero-order valence-corrected chi connectivity index (χ0v) is 23.0. The van der Waals surface area contributed by atoms with Crippen LogP contribution in [0.4, 0.5) is 15.8 Å². The molecule has 0 spiro atoms. The molecule has 3 aromatic carbocycles. The molecule has 0 radical (unpaired) electrons. The van der Waals surface area contributed by atoms with E-state index in [1.807, 2.05) is 85.6 Å². The van der Waals surface area contributed by atoms with Crippen LogP contribution in [-0.4, -0.2) is 33.1 Å². The molecular formula is C33H37FN2O3. The zero-order chi connectivity index (χ0) is 28.0. The van der Waals surface area contributed by atoms with E-state index in [4.69, 9.17) is 0 Å². The maximum Gasteiger partial charge on any atom is 0.330 e. The fraction of sp³-hybridized carbons (Fsp3) is 0.303. The maximum atomic E-state index is 14.8. The van der Waals surface area contributed by atoms with Crippen LogP contribution in [0.1, 0.15) is 43.2 Å². The van der Waals surface area contributed by atoms with Crippen LogP contribution < -0.4 is 10.2 Å². The van der Waals surface area contributed by atoms with Crippen molar-refractivity contribution in [3.8, 4) is 11.1 Å². The number of allylic oxidation sites excluding steroid dienone is 1. The Morgan fingerprint density at radius 1 is 1.05 bits per heavy atom. The topological polar surface area (TPSA) is 58.6 Å². The van der Waals surface area contributed by atoms with Gasteiger partial charge in [-0.15, -0.1) is 0 Å². The lowest BCUT2D eigenvalue weighted by molar-refractivity contribution is -0.134. The van der Waals surface area contributed by atoms with E-state index in [9.17, 15) is 14.0 Å². The number of nitrogens with one attached hydrogen (secondary N) is 1. The Bertz CT molecular complexity index is 1290. The minimum atomic E-state index is -0.406. The summed E-state index contributed by atoms with van der Waals surface area (Å²) in [5, 5.41) is 3.08. The molecule has 1 fully saturated rings. The van der Waals surface area contributed by atoms with Crippen LogP contribution in [0.2, 0.25) is 0 Å². The summed E-state index contributed by atoms with van der Waals surface area (Å²) in [6.45, 7) is 0.426. The molecule has 0 atom stereocenters. The summed E-state index contributed by atoms with van der Waals surface area (Å²) in [7, 11) is 5.12. The van der Waals surface area contributed by atoms with Gasteiger partial charge in [-0.3, -0.25) is 0 Å². The van der Waals surface area contributed by atoms with Crippen LogP contribution >= 0.6 is 0 Å². The van der Waals surface area contributed by atoms with Crippen molar-refractivity contribution >= 4 is 29.4 Å². The second kappa shape index (κ2) is 15.3. The quantitative estimate of drug-likeness (QED) is 0.189. The molecule has 0 saturated heterocycles. The Hall–Kier alpha value is -4.15. The molecule has 6 heteroatoms. The Morgan fingerprint density at radius 2 is 1.77 bits per heavy atom. The van der Waals surface area contributed by atoms with Crippen LogP contribution in [0.3, 0.4) is 0 Å². The van der Waals surface area contributed by atoms with Crippen molar-refractivity contribution in [1.29, 1.82) is 0 Å². The number of rotatable bonds is 8. The molecule has 39 heavy (non-hydrogen) atoms. The van der Waals surface area contributed by atoms with Crippen LogP contribution in [0, 0.1) is 11.7 Å². The Balaban J connectivity index is 0.000000395. The first-order valence-corrected chi connectivity index (χ1v) is 13.3. The van der Waals surface area contributed by atoms with Gasteiger partial charge in [0, 0.05) is 49.7 Å². The van der Waals surface area contributed by atoms with Crippen LogP contribution in [0.15, 0.2) is 78.9 Å². The van der Waals surface area contributed by atoms with Gasteiger partial charge in [0.1, 0.15) is 11.8 Å². The van der Waals surface area contributed by atoms with E-state index in [1.165, 1.54) is 45.3 Å². The monoisotopic (exact) mass is 528 g/mol. The number of ether oxygens (including phenoxy) is 1. The Morgan fingerprint density at radius 3 is 2.41 bits per heavy atom. The molecule has 0 aromatic heterocycles. The fourth-order valence-corrected chi connectivity index (χ4v) is 4.53. The van der Waals surface area contributed by atoms with Crippen LogP contribution in [-0.2, 0) is 20.9 Å². The van der Waals surface area contributed by atoms with Gasteiger partial charge in [-0.05, 0) is 71.9 Å². The molecular weight excluding hydrogens is 491 g/mol. The predicted octanol–water partition coefficient (Wildman–Crippen LogP) is 7.31. The largest absolute Gasteiger partial charge is 0.466 e. The summed E-state index contributed by atoms with van der Waals surface area (Å²) in [4.78, 5) is 23.1. The first kappa shape index (κ1) is 29.4. The van der Waals surface area contributed by atoms with E-state index >= 15 is 0 Å². The second-order valence-corrected chi connectivity index (χ2v) is 9.62. The number of carbonyl (C=O) groups is 1. The van der Waals surface area contributed by atoms with Crippen molar-refractivity contribution in [3.63, 3.8) is 0 Å². The molecule has 0 aliphatic heterocycles. The van der Waals surface area contributed by atoms with Gasteiger partial charge in [-0.2, -0.15) is 0 Å². The first-order chi connectivity index (χ1) is 18.9.